The van der Waals surface area contributed by atoms with Crippen LogP contribution in [0.3, 0.4) is 0 Å². The molecule has 0 saturated carbocycles. The molecule has 0 aliphatic heterocycles. The Balaban J connectivity index is 1.94. The van der Waals surface area contributed by atoms with Crippen LogP contribution in [0.2, 0.25) is 0 Å². The number of nitrogens with zero attached hydrogens (tertiary/aromatic N) is 4. The quantitative estimate of drug-likeness (QED) is 0.796. The number of hydrogen-bond acceptors (Lipinski definition) is 4. The second-order valence-electron chi connectivity index (χ2n) is 5.22. The van der Waals surface area contributed by atoms with Gasteiger partial charge in [-0.2, -0.15) is 5.10 Å². The van der Waals surface area contributed by atoms with E-state index in [1.807, 2.05) is 44.0 Å². The van der Waals surface area contributed by atoms with Gasteiger partial charge in [0.1, 0.15) is 0 Å². The van der Waals surface area contributed by atoms with Crippen molar-refractivity contribution in [1.29, 1.82) is 0 Å². The SMILES string of the molecule is CNC(Cc1nn(C)c2ccccc12)c1cnc(C)cn1. The molecule has 0 bridgehead atoms. The van der Waals surface area contributed by atoms with E-state index in [1.165, 1.54) is 5.39 Å². The van der Waals surface area contributed by atoms with Gasteiger partial charge in [0.05, 0.1) is 34.8 Å². The largest absolute Gasteiger partial charge is 0.311 e. The maximum atomic E-state index is 4.65. The van der Waals surface area contributed by atoms with Crippen molar-refractivity contribution < 1.29 is 0 Å². The summed E-state index contributed by atoms with van der Waals surface area (Å²) in [5.74, 6) is 0. The van der Waals surface area contributed by atoms with Crippen LogP contribution in [-0.4, -0.2) is 26.8 Å². The van der Waals surface area contributed by atoms with Crippen LogP contribution < -0.4 is 5.32 Å². The zero-order valence-electron chi connectivity index (χ0n) is 12.5. The zero-order valence-corrected chi connectivity index (χ0v) is 12.5. The van der Waals surface area contributed by atoms with Gasteiger partial charge in [-0.3, -0.25) is 14.6 Å². The summed E-state index contributed by atoms with van der Waals surface area (Å²) in [6.45, 7) is 1.94. The van der Waals surface area contributed by atoms with Gasteiger partial charge in [-0.25, -0.2) is 0 Å². The van der Waals surface area contributed by atoms with Gasteiger partial charge in [-0.1, -0.05) is 18.2 Å². The number of likely N-dealkylation sites (N-methyl/N-ethyl adjacent to an activating group) is 1. The highest BCUT2D eigenvalue weighted by atomic mass is 15.3. The molecule has 0 radical (unpaired) electrons. The lowest BCUT2D eigenvalue weighted by atomic mass is 10.1. The van der Waals surface area contributed by atoms with Crippen LogP contribution in [0.5, 0.6) is 0 Å². The van der Waals surface area contributed by atoms with Crippen molar-refractivity contribution in [2.24, 2.45) is 7.05 Å². The molecule has 0 amide bonds. The van der Waals surface area contributed by atoms with Gasteiger partial charge in [0.2, 0.25) is 0 Å². The highest BCUT2D eigenvalue weighted by molar-refractivity contribution is 5.81. The molecule has 5 heteroatoms. The molecule has 0 aliphatic rings. The minimum Gasteiger partial charge on any atom is -0.311 e. The average molecular weight is 281 g/mol. The minimum absolute atomic E-state index is 0.108. The number of para-hydroxylation sites is 1. The maximum Gasteiger partial charge on any atom is 0.0760 e. The fourth-order valence-electron chi connectivity index (χ4n) is 2.57. The van der Waals surface area contributed by atoms with Gasteiger partial charge in [-0.15, -0.1) is 0 Å². The Kier molecular flexibility index (Phi) is 3.66. The van der Waals surface area contributed by atoms with Crippen LogP contribution in [0.1, 0.15) is 23.1 Å². The van der Waals surface area contributed by atoms with Crippen LogP contribution in [0.4, 0.5) is 0 Å². The van der Waals surface area contributed by atoms with E-state index in [4.69, 9.17) is 0 Å². The molecule has 0 aliphatic carbocycles. The van der Waals surface area contributed by atoms with Crippen molar-refractivity contribution >= 4 is 10.9 Å². The molecule has 0 spiro atoms. The fourth-order valence-corrected chi connectivity index (χ4v) is 2.57. The second kappa shape index (κ2) is 5.61. The van der Waals surface area contributed by atoms with Gasteiger partial charge in [0, 0.05) is 25.1 Å². The monoisotopic (exact) mass is 281 g/mol. The van der Waals surface area contributed by atoms with E-state index in [0.717, 1.165) is 29.0 Å². The molecule has 0 fully saturated rings. The molecule has 5 nitrogen and oxygen atoms in total. The van der Waals surface area contributed by atoms with Crippen molar-refractivity contribution in [1.82, 2.24) is 25.1 Å². The Bertz CT molecular complexity index is 745. The molecule has 2 aromatic heterocycles. The Morgan fingerprint density at radius 1 is 1.19 bits per heavy atom. The molecular weight excluding hydrogens is 262 g/mol. The molecule has 1 N–H and O–H groups in total. The molecule has 1 unspecified atom stereocenters. The van der Waals surface area contributed by atoms with E-state index >= 15 is 0 Å². The Morgan fingerprint density at radius 3 is 2.71 bits per heavy atom. The third kappa shape index (κ3) is 2.64. The summed E-state index contributed by atoms with van der Waals surface area (Å²) in [6, 6.07) is 8.40. The molecule has 3 rings (SSSR count). The molecule has 0 saturated heterocycles. The first-order valence-corrected chi connectivity index (χ1v) is 7.05. The van der Waals surface area contributed by atoms with Crippen molar-refractivity contribution in [2.45, 2.75) is 19.4 Å². The maximum absolute atomic E-state index is 4.65. The summed E-state index contributed by atoms with van der Waals surface area (Å²) in [5, 5.41) is 9.15. The summed E-state index contributed by atoms with van der Waals surface area (Å²) in [7, 11) is 3.92. The Hall–Kier alpha value is -2.27. The number of benzene rings is 1. The first-order valence-electron chi connectivity index (χ1n) is 7.05. The Labute approximate surface area is 124 Å². The number of hydrogen-bond donors (Lipinski definition) is 1. The van der Waals surface area contributed by atoms with E-state index in [2.05, 4.69) is 32.5 Å². The second-order valence-corrected chi connectivity index (χ2v) is 5.22. The predicted octanol–water partition coefficient (Wildman–Crippen LogP) is 2.17. The molecule has 2 heterocycles. The highest BCUT2D eigenvalue weighted by Gasteiger charge is 2.16. The van der Waals surface area contributed by atoms with E-state index in [0.29, 0.717) is 0 Å². The topological polar surface area (TPSA) is 55.6 Å². The van der Waals surface area contributed by atoms with Crippen molar-refractivity contribution in [3.8, 4) is 0 Å². The summed E-state index contributed by atoms with van der Waals surface area (Å²) < 4.78 is 1.93. The van der Waals surface area contributed by atoms with Gasteiger partial charge >= 0.3 is 0 Å². The first-order chi connectivity index (χ1) is 10.2. The molecule has 3 aromatic rings. The number of nitrogens with one attached hydrogen (secondary N) is 1. The third-order valence-electron chi connectivity index (χ3n) is 3.74. The smallest absolute Gasteiger partial charge is 0.0760 e. The number of fused-ring (bicyclic) bond motifs is 1. The molecule has 108 valence electrons. The first kappa shape index (κ1) is 13.7. The molecule has 1 atom stereocenters. The van der Waals surface area contributed by atoms with Crippen molar-refractivity contribution in [3.63, 3.8) is 0 Å². The summed E-state index contributed by atoms with van der Waals surface area (Å²) >= 11 is 0. The number of aryl methyl sites for hydroxylation is 2. The van der Waals surface area contributed by atoms with Crippen LogP contribution in [0.25, 0.3) is 10.9 Å². The van der Waals surface area contributed by atoms with E-state index in [-0.39, 0.29) is 6.04 Å². The van der Waals surface area contributed by atoms with E-state index < -0.39 is 0 Å². The summed E-state index contributed by atoms with van der Waals surface area (Å²) in [6.07, 6.45) is 4.42. The van der Waals surface area contributed by atoms with Crippen molar-refractivity contribution in [2.75, 3.05) is 7.05 Å². The van der Waals surface area contributed by atoms with E-state index in [9.17, 15) is 0 Å². The average Bonchev–Trinajstić information content (AvgIpc) is 2.83. The molecular formula is C16H19N5. The van der Waals surface area contributed by atoms with Gasteiger partial charge in [-0.05, 0) is 20.0 Å². The standard InChI is InChI=1S/C16H19N5/c1-11-9-19-15(10-18-11)14(17-2)8-13-12-6-4-5-7-16(12)21(3)20-13/h4-7,9-10,14,17H,8H2,1-3H3. The van der Waals surface area contributed by atoms with Gasteiger partial charge in [0.15, 0.2) is 0 Å². The van der Waals surface area contributed by atoms with Crippen LogP contribution >= 0.6 is 0 Å². The minimum atomic E-state index is 0.108. The van der Waals surface area contributed by atoms with Crippen LogP contribution in [-0.2, 0) is 13.5 Å². The Morgan fingerprint density at radius 2 is 2.00 bits per heavy atom. The van der Waals surface area contributed by atoms with Gasteiger partial charge in [0.25, 0.3) is 0 Å². The van der Waals surface area contributed by atoms with E-state index in [1.54, 1.807) is 6.20 Å². The zero-order chi connectivity index (χ0) is 14.8. The number of rotatable bonds is 4. The molecule has 1 aromatic carbocycles. The van der Waals surface area contributed by atoms with Crippen molar-refractivity contribution in [3.05, 3.63) is 53.7 Å². The predicted molar refractivity (Wildman–Crippen MR) is 83.0 cm³/mol. The normalized spacial score (nSPS) is 12.7. The lowest BCUT2D eigenvalue weighted by molar-refractivity contribution is 0.562. The van der Waals surface area contributed by atoms with Crippen LogP contribution in [0, 0.1) is 6.92 Å². The number of aromatic nitrogens is 4. The third-order valence-corrected chi connectivity index (χ3v) is 3.74. The van der Waals surface area contributed by atoms with Crippen LogP contribution in [0.15, 0.2) is 36.7 Å². The lowest BCUT2D eigenvalue weighted by Crippen LogP contribution is -2.20. The van der Waals surface area contributed by atoms with Gasteiger partial charge < -0.3 is 5.32 Å². The molecule has 21 heavy (non-hydrogen) atoms. The fraction of sp³-hybridized carbons (Fsp3) is 0.312. The summed E-state index contributed by atoms with van der Waals surface area (Å²) in [5.41, 5.74) is 4.10. The highest BCUT2D eigenvalue weighted by Crippen LogP contribution is 2.22. The lowest BCUT2D eigenvalue weighted by Gasteiger charge is -2.14. The summed E-state index contributed by atoms with van der Waals surface area (Å²) in [4.78, 5) is 8.80.